The molecule has 2 aromatic carbocycles. The molecule has 0 spiro atoms. The second-order valence-corrected chi connectivity index (χ2v) is 10.5. The molecule has 1 amide bonds. The van der Waals surface area contributed by atoms with Gasteiger partial charge in [-0.1, -0.05) is 38.1 Å². The molecule has 0 saturated carbocycles. The number of nitrogens with one attached hydrogen (secondary N) is 1. The van der Waals surface area contributed by atoms with E-state index in [-0.39, 0.29) is 35.2 Å². The zero-order valence-corrected chi connectivity index (χ0v) is 20.5. The van der Waals surface area contributed by atoms with Gasteiger partial charge in [0.05, 0.1) is 17.1 Å². The van der Waals surface area contributed by atoms with Gasteiger partial charge in [-0.2, -0.15) is 4.98 Å². The van der Waals surface area contributed by atoms with E-state index in [2.05, 4.69) is 14.7 Å². The molecule has 0 radical (unpaired) electrons. The van der Waals surface area contributed by atoms with Gasteiger partial charge in [-0.3, -0.25) is 4.79 Å². The van der Waals surface area contributed by atoms with Crippen molar-refractivity contribution in [2.75, 3.05) is 24.4 Å². The Bertz CT molecular complexity index is 1320. The van der Waals surface area contributed by atoms with Crippen LogP contribution >= 0.6 is 0 Å². The first-order chi connectivity index (χ1) is 16.1. The molecule has 0 saturated heterocycles. The van der Waals surface area contributed by atoms with Crippen LogP contribution in [-0.4, -0.2) is 48.9 Å². The van der Waals surface area contributed by atoms with Gasteiger partial charge in [0.2, 0.25) is 11.8 Å². The van der Waals surface area contributed by atoms with E-state index in [1.54, 1.807) is 23.1 Å². The number of fused-ring (bicyclic) bond motifs is 4. The molecule has 0 fully saturated rings. The van der Waals surface area contributed by atoms with Gasteiger partial charge in [-0.05, 0) is 49.1 Å². The van der Waals surface area contributed by atoms with Crippen LogP contribution in [0.2, 0.25) is 0 Å². The van der Waals surface area contributed by atoms with Crippen LogP contribution in [0.3, 0.4) is 0 Å². The Morgan fingerprint density at radius 2 is 1.76 bits per heavy atom. The van der Waals surface area contributed by atoms with Crippen LogP contribution in [0.4, 0.5) is 5.95 Å². The van der Waals surface area contributed by atoms with Crippen LogP contribution < -0.4 is 9.46 Å². The van der Waals surface area contributed by atoms with Gasteiger partial charge in [0.15, 0.2) is 0 Å². The van der Waals surface area contributed by atoms with E-state index in [0.29, 0.717) is 24.3 Å². The van der Waals surface area contributed by atoms with Crippen LogP contribution in [0.25, 0.3) is 11.3 Å². The molecule has 34 heavy (non-hydrogen) atoms. The van der Waals surface area contributed by atoms with E-state index in [0.717, 1.165) is 16.7 Å². The quantitative estimate of drug-likeness (QED) is 0.607. The van der Waals surface area contributed by atoms with Crippen molar-refractivity contribution in [3.8, 4) is 17.1 Å². The number of anilines is 1. The van der Waals surface area contributed by atoms with E-state index >= 15 is 0 Å². The Balaban J connectivity index is 1.84. The minimum absolute atomic E-state index is 0.0364. The van der Waals surface area contributed by atoms with Gasteiger partial charge in [-0.25, -0.2) is 18.1 Å². The largest absolute Gasteiger partial charge is 0.476 e. The van der Waals surface area contributed by atoms with Crippen molar-refractivity contribution in [1.82, 2.24) is 14.9 Å². The maximum Gasteiger partial charge on any atom is 0.264 e. The second kappa shape index (κ2) is 9.42. The van der Waals surface area contributed by atoms with Gasteiger partial charge in [0.25, 0.3) is 15.9 Å². The van der Waals surface area contributed by atoms with Crippen LogP contribution in [0.5, 0.6) is 5.88 Å². The molecule has 178 valence electrons. The van der Waals surface area contributed by atoms with Crippen LogP contribution in [-0.2, 0) is 10.0 Å². The number of carbonyl (C=O) groups is 1. The van der Waals surface area contributed by atoms with Crippen molar-refractivity contribution in [2.24, 2.45) is 5.92 Å². The molecule has 0 unspecified atom stereocenters. The molecule has 1 aromatic heterocycles. The van der Waals surface area contributed by atoms with E-state index < -0.39 is 10.0 Å². The average molecular weight is 481 g/mol. The zero-order valence-electron chi connectivity index (χ0n) is 19.7. The minimum Gasteiger partial charge on any atom is -0.476 e. The third-order valence-corrected chi connectivity index (χ3v) is 6.87. The molecular formula is C25H28N4O4S. The highest BCUT2D eigenvalue weighted by atomic mass is 32.2. The predicted octanol–water partition coefficient (Wildman–Crippen LogP) is 4.05. The maximum absolute atomic E-state index is 13.2. The number of carbonyl (C=O) groups excluding carboxylic acids is 1. The summed E-state index contributed by atoms with van der Waals surface area (Å²) >= 11 is 0. The summed E-state index contributed by atoms with van der Waals surface area (Å²) in [6.07, 6.45) is 0. The maximum atomic E-state index is 13.2. The van der Waals surface area contributed by atoms with Crippen molar-refractivity contribution in [3.05, 3.63) is 65.2 Å². The van der Waals surface area contributed by atoms with Gasteiger partial charge in [0, 0.05) is 23.7 Å². The van der Waals surface area contributed by atoms with E-state index in [1.807, 2.05) is 45.9 Å². The number of aromatic nitrogens is 2. The van der Waals surface area contributed by atoms with Crippen molar-refractivity contribution < 1.29 is 17.9 Å². The topological polar surface area (TPSA) is 101 Å². The number of ether oxygens (including phenoxy) is 1. The molecule has 1 aliphatic rings. The van der Waals surface area contributed by atoms with Gasteiger partial charge >= 0.3 is 0 Å². The lowest BCUT2D eigenvalue weighted by Crippen LogP contribution is -2.37. The number of aryl methyl sites for hydroxylation is 2. The lowest BCUT2D eigenvalue weighted by Gasteiger charge is -2.24. The SMILES string of the molecule is Cc1cccc(C)c1-c1cc2nc(n1)NS(=O)(=O)c1cccc(c1)C(=O)N(CC(C)C)CCO2. The number of rotatable bonds is 3. The molecule has 4 rings (SSSR count). The number of benzene rings is 2. The predicted molar refractivity (Wildman–Crippen MR) is 130 cm³/mol. The number of nitrogens with zero attached hydrogens (tertiary/aromatic N) is 3. The highest BCUT2D eigenvalue weighted by Gasteiger charge is 2.23. The third-order valence-electron chi connectivity index (χ3n) is 5.54. The number of hydrogen-bond acceptors (Lipinski definition) is 6. The minimum atomic E-state index is -4.04. The first-order valence-corrected chi connectivity index (χ1v) is 12.6. The highest BCUT2D eigenvalue weighted by molar-refractivity contribution is 7.92. The fraction of sp³-hybridized carbons (Fsp3) is 0.320. The summed E-state index contributed by atoms with van der Waals surface area (Å²) < 4.78 is 34.7. The van der Waals surface area contributed by atoms with Crippen molar-refractivity contribution in [3.63, 3.8) is 0 Å². The fourth-order valence-electron chi connectivity index (χ4n) is 4.03. The van der Waals surface area contributed by atoms with Gasteiger partial charge in [-0.15, -0.1) is 0 Å². The normalized spacial score (nSPS) is 15.6. The van der Waals surface area contributed by atoms with Gasteiger partial charge in [0.1, 0.15) is 6.61 Å². The molecule has 2 heterocycles. The zero-order chi connectivity index (χ0) is 24.5. The van der Waals surface area contributed by atoms with E-state index in [4.69, 9.17) is 4.74 Å². The summed E-state index contributed by atoms with van der Waals surface area (Å²) in [6.45, 7) is 9.03. The highest BCUT2D eigenvalue weighted by Crippen LogP contribution is 2.29. The molecule has 3 aromatic rings. The smallest absolute Gasteiger partial charge is 0.264 e. The molecule has 8 nitrogen and oxygen atoms in total. The Hall–Kier alpha value is -3.46. The van der Waals surface area contributed by atoms with Crippen molar-refractivity contribution in [2.45, 2.75) is 32.6 Å². The van der Waals surface area contributed by atoms with Crippen LogP contribution in [0.15, 0.2) is 53.4 Å². The lowest BCUT2D eigenvalue weighted by molar-refractivity contribution is 0.0707. The van der Waals surface area contributed by atoms with Crippen molar-refractivity contribution in [1.29, 1.82) is 0 Å². The summed E-state index contributed by atoms with van der Waals surface area (Å²) in [5, 5.41) is 0. The molecule has 1 aliphatic heterocycles. The Morgan fingerprint density at radius 1 is 1.06 bits per heavy atom. The van der Waals surface area contributed by atoms with Crippen LogP contribution in [0, 0.1) is 19.8 Å². The Morgan fingerprint density at radius 3 is 2.47 bits per heavy atom. The molecular weight excluding hydrogens is 452 g/mol. The van der Waals surface area contributed by atoms with Gasteiger partial charge < -0.3 is 9.64 Å². The average Bonchev–Trinajstić information content (AvgIpc) is 2.77. The standard InChI is InChI=1S/C25H28N4O4S/c1-16(2)15-29-11-12-33-22-14-21(23-17(3)7-5-8-18(23)4)26-25(27-22)28-34(31,32)20-10-6-9-19(13-20)24(29)30/h5-10,13-14,16H,11-12,15H2,1-4H3,(H,26,27,28). The van der Waals surface area contributed by atoms with E-state index in [9.17, 15) is 13.2 Å². The molecule has 0 atom stereocenters. The molecule has 1 N–H and O–H groups in total. The summed E-state index contributed by atoms with van der Waals surface area (Å²) in [5.41, 5.74) is 3.73. The second-order valence-electron chi connectivity index (χ2n) is 8.81. The summed E-state index contributed by atoms with van der Waals surface area (Å²) in [5.74, 6) is 0.121. The first kappa shape index (κ1) is 23.7. The molecule has 9 heteroatoms. The Labute approximate surface area is 200 Å². The Kier molecular flexibility index (Phi) is 6.56. The third kappa shape index (κ3) is 5.04. The molecule has 4 bridgehead atoms. The number of sulfonamides is 1. The number of amides is 1. The lowest BCUT2D eigenvalue weighted by atomic mass is 10.00. The summed E-state index contributed by atoms with van der Waals surface area (Å²) in [4.78, 5) is 23.6. The number of hydrogen-bond donors (Lipinski definition) is 1. The first-order valence-electron chi connectivity index (χ1n) is 11.1. The van der Waals surface area contributed by atoms with Crippen molar-refractivity contribution >= 4 is 21.9 Å². The van der Waals surface area contributed by atoms with E-state index in [1.165, 1.54) is 12.1 Å². The summed E-state index contributed by atoms with van der Waals surface area (Å²) in [7, 11) is -4.04. The summed E-state index contributed by atoms with van der Waals surface area (Å²) in [6, 6.07) is 13.6. The molecule has 0 aliphatic carbocycles. The monoisotopic (exact) mass is 480 g/mol. The van der Waals surface area contributed by atoms with Crippen LogP contribution in [0.1, 0.15) is 35.3 Å². The fourth-order valence-corrected chi connectivity index (χ4v) is 5.02.